The second kappa shape index (κ2) is 9.14. The monoisotopic (exact) mass is 240 g/mol. The van der Waals surface area contributed by atoms with Crippen molar-refractivity contribution in [1.82, 2.24) is 0 Å². The van der Waals surface area contributed by atoms with Gasteiger partial charge in [0.2, 0.25) is 5.39 Å². The molecule has 0 aliphatic carbocycles. The van der Waals surface area contributed by atoms with E-state index in [1.54, 1.807) is 6.07 Å². The summed E-state index contributed by atoms with van der Waals surface area (Å²) < 4.78 is 5.46. The molecule has 0 fully saturated rings. The van der Waals surface area contributed by atoms with Crippen molar-refractivity contribution in [3.05, 3.63) is 34.8 Å². The van der Waals surface area contributed by atoms with Crippen molar-refractivity contribution in [1.29, 1.82) is 5.39 Å². The van der Waals surface area contributed by atoms with E-state index in [1.165, 1.54) is 6.42 Å². The molecule has 1 rings (SSSR count). The maximum Gasteiger partial charge on any atom is 0.385 e. The van der Waals surface area contributed by atoms with Crippen molar-refractivity contribution in [3.63, 3.8) is 0 Å². The fraction of sp³-hybridized carbons (Fsp3) is 0.500. The van der Waals surface area contributed by atoms with Crippen LogP contribution in [0.2, 0.25) is 0 Å². The van der Waals surface area contributed by atoms with E-state index in [0.29, 0.717) is 5.69 Å². The van der Waals surface area contributed by atoms with Crippen molar-refractivity contribution in [3.8, 4) is 0 Å². The molecule has 88 valence electrons. The zero-order chi connectivity index (χ0) is 10.9. The lowest BCUT2D eigenvalue weighted by Crippen LogP contribution is -3.00. The van der Waals surface area contributed by atoms with E-state index in [4.69, 9.17) is 10.1 Å². The maximum absolute atomic E-state index is 8.60. The number of hydrogen-bond donors (Lipinski definition) is 0. The van der Waals surface area contributed by atoms with Gasteiger partial charge < -0.3 is 17.1 Å². The summed E-state index contributed by atoms with van der Waals surface area (Å²) in [6.45, 7) is 3.71. The molecule has 0 bridgehead atoms. The summed E-state index contributed by atoms with van der Waals surface area (Å²) in [7, 11) is 0. The Labute approximate surface area is 103 Å². The van der Waals surface area contributed by atoms with Gasteiger partial charge in [0.15, 0.2) is 4.98 Å². The van der Waals surface area contributed by atoms with Crippen LogP contribution in [-0.4, -0.2) is 13.2 Å². The molecule has 0 heterocycles. The lowest BCUT2D eigenvalue weighted by atomic mass is 10.1. The van der Waals surface area contributed by atoms with Gasteiger partial charge in [-0.2, -0.15) is 0 Å². The molecule has 0 spiro atoms. The molecule has 0 amide bonds. The fourth-order valence-electron chi connectivity index (χ4n) is 1.31. The Bertz CT molecular complexity index is 336. The summed E-state index contributed by atoms with van der Waals surface area (Å²) in [4.78, 5) is 3.15. The first-order chi connectivity index (χ1) is 7.36. The molecule has 0 N–H and O–H groups in total. The zero-order valence-corrected chi connectivity index (χ0v) is 10.3. The average Bonchev–Trinajstić information content (AvgIpc) is 2.29. The molecule has 0 unspecified atom stereocenters. The summed E-state index contributed by atoms with van der Waals surface area (Å²) in [6.07, 6.45) is 3.15. The Morgan fingerprint density at radius 3 is 2.81 bits per heavy atom. The third kappa shape index (κ3) is 5.69. The first-order valence-corrected chi connectivity index (χ1v) is 5.38. The highest BCUT2D eigenvalue weighted by molar-refractivity contribution is 5.45. The van der Waals surface area contributed by atoms with Crippen LogP contribution in [0, 0.1) is 5.39 Å². The molecule has 4 heteroatoms. The number of unbranched alkanes of at least 4 members (excludes halogenated alkanes) is 1. The van der Waals surface area contributed by atoms with Crippen molar-refractivity contribution in [2.75, 3.05) is 13.2 Å². The molecule has 0 aliphatic rings. The van der Waals surface area contributed by atoms with Gasteiger partial charge in [0.1, 0.15) is 0 Å². The molecule has 0 saturated heterocycles. The van der Waals surface area contributed by atoms with Gasteiger partial charge in [-0.05, 0) is 18.4 Å². The minimum absolute atomic E-state index is 0. The van der Waals surface area contributed by atoms with Gasteiger partial charge >= 0.3 is 5.69 Å². The predicted octanol–water partition coefficient (Wildman–Crippen LogP) is 0.534. The number of benzene rings is 1. The molecule has 3 nitrogen and oxygen atoms in total. The number of halogens is 1. The summed E-state index contributed by atoms with van der Waals surface area (Å²) in [5.74, 6) is 0. The Balaban J connectivity index is 0.00000225. The number of ether oxygens (including phenoxy) is 1. The van der Waals surface area contributed by atoms with Crippen LogP contribution in [0.5, 0.6) is 0 Å². The van der Waals surface area contributed by atoms with Crippen LogP contribution >= 0.6 is 0 Å². The lowest BCUT2D eigenvalue weighted by molar-refractivity contribution is -0.00000426. The Hall–Kier alpha value is -1.11. The van der Waals surface area contributed by atoms with Crippen molar-refractivity contribution in [2.45, 2.75) is 26.2 Å². The summed E-state index contributed by atoms with van der Waals surface area (Å²) >= 11 is 0. The zero-order valence-electron chi connectivity index (χ0n) is 9.53. The highest BCUT2D eigenvalue weighted by atomic mass is 35.5. The van der Waals surface area contributed by atoms with Gasteiger partial charge in [0, 0.05) is 18.7 Å². The van der Waals surface area contributed by atoms with Crippen molar-refractivity contribution >= 4 is 5.69 Å². The van der Waals surface area contributed by atoms with Gasteiger partial charge in [-0.15, -0.1) is 0 Å². The van der Waals surface area contributed by atoms with Crippen LogP contribution in [0.1, 0.15) is 25.3 Å². The number of nitrogens with zero attached hydrogens (tertiary/aromatic N) is 2. The Kier molecular flexibility index (Phi) is 8.51. The minimum Gasteiger partial charge on any atom is -1.00 e. The highest BCUT2D eigenvalue weighted by Crippen LogP contribution is 2.13. The van der Waals surface area contributed by atoms with Crippen LogP contribution in [0.4, 0.5) is 5.69 Å². The van der Waals surface area contributed by atoms with E-state index in [-0.39, 0.29) is 12.4 Å². The van der Waals surface area contributed by atoms with Gasteiger partial charge in [-0.25, -0.2) is 0 Å². The number of diazo groups is 1. The van der Waals surface area contributed by atoms with Crippen LogP contribution in [0.15, 0.2) is 24.3 Å². The lowest BCUT2D eigenvalue weighted by Gasteiger charge is -2.02. The van der Waals surface area contributed by atoms with Crippen LogP contribution in [0.3, 0.4) is 0 Å². The summed E-state index contributed by atoms with van der Waals surface area (Å²) in [5.41, 5.74) is 1.74. The molecule has 0 saturated carbocycles. The molecule has 16 heavy (non-hydrogen) atoms. The third-order valence-electron chi connectivity index (χ3n) is 2.20. The number of hydrogen-bond acceptors (Lipinski definition) is 2. The van der Waals surface area contributed by atoms with E-state index >= 15 is 0 Å². The molecule has 0 aromatic heterocycles. The van der Waals surface area contributed by atoms with E-state index < -0.39 is 0 Å². The first-order valence-electron chi connectivity index (χ1n) is 5.38. The minimum atomic E-state index is 0. The summed E-state index contributed by atoms with van der Waals surface area (Å²) in [6, 6.07) is 7.53. The molecule has 0 atom stereocenters. The molecule has 1 aromatic carbocycles. The predicted molar refractivity (Wildman–Crippen MR) is 60.6 cm³/mol. The largest absolute Gasteiger partial charge is 1.00 e. The maximum atomic E-state index is 8.60. The van der Waals surface area contributed by atoms with Crippen molar-refractivity contribution in [2.24, 2.45) is 0 Å². The highest BCUT2D eigenvalue weighted by Gasteiger charge is 2.03. The standard InChI is InChI=1S/C12H17N2O.ClH/c1-2-3-8-15-9-7-11-5-4-6-12(10-11)14-13;/h4-6,10H,2-3,7-9H2,1H3;1H/q+1;/p-1. The van der Waals surface area contributed by atoms with Crippen molar-refractivity contribution < 1.29 is 17.1 Å². The molecule has 1 aromatic rings. The first kappa shape index (κ1) is 14.9. The van der Waals surface area contributed by atoms with E-state index in [2.05, 4.69) is 11.9 Å². The van der Waals surface area contributed by atoms with Crippen LogP contribution in [-0.2, 0) is 11.2 Å². The van der Waals surface area contributed by atoms with Gasteiger partial charge in [-0.3, -0.25) is 0 Å². The summed E-state index contributed by atoms with van der Waals surface area (Å²) in [5, 5.41) is 8.60. The Morgan fingerprint density at radius 2 is 2.12 bits per heavy atom. The van der Waals surface area contributed by atoms with Gasteiger partial charge in [0.05, 0.1) is 6.61 Å². The average molecular weight is 241 g/mol. The second-order valence-corrected chi connectivity index (χ2v) is 3.49. The Morgan fingerprint density at radius 1 is 1.31 bits per heavy atom. The quantitative estimate of drug-likeness (QED) is 0.538. The molecule has 0 aliphatic heterocycles. The molecular weight excluding hydrogens is 224 g/mol. The van der Waals surface area contributed by atoms with Crippen LogP contribution < -0.4 is 12.4 Å². The van der Waals surface area contributed by atoms with Crippen LogP contribution in [0.25, 0.3) is 4.98 Å². The van der Waals surface area contributed by atoms with Gasteiger partial charge in [-0.1, -0.05) is 25.5 Å². The van der Waals surface area contributed by atoms with Gasteiger partial charge in [0.25, 0.3) is 0 Å². The van der Waals surface area contributed by atoms with E-state index in [0.717, 1.165) is 31.6 Å². The molecular formula is C12H17ClN2O. The van der Waals surface area contributed by atoms with E-state index in [1.807, 2.05) is 18.2 Å². The normalized spacial score (nSPS) is 9.25. The third-order valence-corrected chi connectivity index (χ3v) is 2.20. The smallest absolute Gasteiger partial charge is 0.385 e. The fourth-order valence-corrected chi connectivity index (χ4v) is 1.31. The SMILES string of the molecule is CCCCOCCc1cccc([N+]#N)c1.[Cl-]. The topological polar surface area (TPSA) is 37.4 Å². The van der Waals surface area contributed by atoms with E-state index in [9.17, 15) is 0 Å². The second-order valence-electron chi connectivity index (χ2n) is 3.49. The number of rotatable bonds is 6. The molecule has 0 radical (unpaired) electrons.